The molecule has 0 amide bonds. The molecule has 0 radical (unpaired) electrons. The number of nitrogens with one attached hydrogen (secondary N) is 1. The minimum Gasteiger partial charge on any atom is -0.387 e. The van der Waals surface area contributed by atoms with Crippen LogP contribution in [0.3, 0.4) is 0 Å². The number of sulfonamides is 1. The van der Waals surface area contributed by atoms with Crippen LogP contribution in [-0.2, 0) is 14.8 Å². The molecule has 2 aromatic rings. The predicted molar refractivity (Wildman–Crippen MR) is 126 cm³/mol. The first-order valence-electron chi connectivity index (χ1n) is 11.1. The number of aliphatic hydroxyl groups excluding tert-OH is 1. The zero-order valence-corrected chi connectivity index (χ0v) is 20.4. The number of nitrogens with zero attached hydrogens (tertiary/aromatic N) is 2. The number of rotatable bonds is 10. The van der Waals surface area contributed by atoms with Crippen molar-refractivity contribution in [3.63, 3.8) is 0 Å². The second-order valence-corrected chi connectivity index (χ2v) is 11.4. The van der Waals surface area contributed by atoms with Gasteiger partial charge in [0.25, 0.3) is 10.0 Å². The van der Waals surface area contributed by atoms with Crippen LogP contribution in [0.1, 0.15) is 57.8 Å². The molecule has 1 fully saturated rings. The van der Waals surface area contributed by atoms with Crippen LogP contribution < -0.4 is 9.62 Å². The number of hydrogen-bond acceptors (Lipinski definition) is 6. The molecule has 0 saturated carbocycles. The zero-order chi connectivity index (χ0) is 23.5. The van der Waals surface area contributed by atoms with Gasteiger partial charge in [-0.15, -0.1) is 0 Å². The first-order chi connectivity index (χ1) is 15.0. The van der Waals surface area contributed by atoms with Crippen LogP contribution in [0.25, 0.3) is 0 Å². The lowest BCUT2D eigenvalue weighted by atomic mass is 10.00. The van der Waals surface area contributed by atoms with E-state index in [0.29, 0.717) is 43.6 Å². The SMILES string of the molecule is CC(C)CN(c1ccc(C(C)C)cn1)S(=O)(=O)c1ccc(C(O)CNC2(C)COC2)cc1. The Labute approximate surface area is 191 Å². The predicted octanol–water partition coefficient (Wildman–Crippen LogP) is 3.47. The van der Waals surface area contributed by atoms with Gasteiger partial charge in [0.1, 0.15) is 5.82 Å². The summed E-state index contributed by atoms with van der Waals surface area (Å²) in [6.07, 6.45) is 1.00. The lowest BCUT2D eigenvalue weighted by molar-refractivity contribution is -0.0679. The third-order valence-electron chi connectivity index (χ3n) is 5.64. The highest BCUT2D eigenvalue weighted by Crippen LogP contribution is 2.26. The number of ether oxygens (including phenoxy) is 1. The molecule has 1 aromatic carbocycles. The smallest absolute Gasteiger partial charge is 0.265 e. The molecule has 3 rings (SSSR count). The summed E-state index contributed by atoms with van der Waals surface area (Å²) >= 11 is 0. The van der Waals surface area contributed by atoms with E-state index in [2.05, 4.69) is 24.1 Å². The van der Waals surface area contributed by atoms with Gasteiger partial charge in [-0.1, -0.05) is 45.9 Å². The van der Waals surface area contributed by atoms with Gasteiger partial charge in [0.2, 0.25) is 0 Å². The average molecular weight is 462 g/mol. The fourth-order valence-electron chi connectivity index (χ4n) is 3.49. The molecule has 8 heteroatoms. The third kappa shape index (κ3) is 5.67. The summed E-state index contributed by atoms with van der Waals surface area (Å²) in [5.41, 5.74) is 1.61. The van der Waals surface area contributed by atoms with Crippen LogP contribution >= 0.6 is 0 Å². The number of anilines is 1. The fraction of sp³-hybridized carbons (Fsp3) is 0.542. The molecule has 1 atom stereocenters. The summed E-state index contributed by atoms with van der Waals surface area (Å²) in [7, 11) is -3.80. The highest BCUT2D eigenvalue weighted by Gasteiger charge is 2.33. The summed E-state index contributed by atoms with van der Waals surface area (Å²) in [5.74, 6) is 0.854. The first-order valence-corrected chi connectivity index (χ1v) is 12.6. The van der Waals surface area contributed by atoms with Gasteiger partial charge in [-0.25, -0.2) is 17.7 Å². The Balaban J connectivity index is 1.79. The van der Waals surface area contributed by atoms with Gasteiger partial charge in [-0.05, 0) is 48.1 Å². The van der Waals surface area contributed by atoms with E-state index in [1.54, 1.807) is 36.5 Å². The highest BCUT2D eigenvalue weighted by atomic mass is 32.2. The summed E-state index contributed by atoms with van der Waals surface area (Å²) in [4.78, 5) is 4.62. The highest BCUT2D eigenvalue weighted by molar-refractivity contribution is 7.92. The summed E-state index contributed by atoms with van der Waals surface area (Å²) in [5, 5.41) is 13.8. The normalized spacial score (nSPS) is 16.8. The number of pyridine rings is 1. The van der Waals surface area contributed by atoms with E-state index in [4.69, 9.17) is 4.74 Å². The second kappa shape index (κ2) is 9.87. The van der Waals surface area contributed by atoms with Crippen molar-refractivity contribution < 1.29 is 18.3 Å². The van der Waals surface area contributed by atoms with Gasteiger partial charge < -0.3 is 15.2 Å². The minimum atomic E-state index is -3.80. The Morgan fingerprint density at radius 3 is 2.19 bits per heavy atom. The van der Waals surface area contributed by atoms with E-state index in [0.717, 1.165) is 5.56 Å². The molecule has 1 aliphatic heterocycles. The lowest BCUT2D eigenvalue weighted by Crippen LogP contribution is -2.58. The van der Waals surface area contributed by atoms with Gasteiger partial charge in [-0.3, -0.25) is 0 Å². The molecule has 7 nitrogen and oxygen atoms in total. The van der Waals surface area contributed by atoms with E-state index in [-0.39, 0.29) is 16.4 Å². The van der Waals surface area contributed by atoms with Crippen molar-refractivity contribution in [2.24, 2.45) is 5.92 Å². The van der Waals surface area contributed by atoms with Crippen LogP contribution in [0.2, 0.25) is 0 Å². The van der Waals surface area contributed by atoms with Gasteiger partial charge in [0.05, 0.1) is 29.8 Å². The molecule has 32 heavy (non-hydrogen) atoms. The first kappa shape index (κ1) is 24.6. The Morgan fingerprint density at radius 1 is 1.09 bits per heavy atom. The van der Waals surface area contributed by atoms with E-state index >= 15 is 0 Å². The van der Waals surface area contributed by atoms with Crippen molar-refractivity contribution in [3.05, 3.63) is 53.7 Å². The molecule has 2 heterocycles. The second-order valence-electron chi connectivity index (χ2n) is 9.55. The topological polar surface area (TPSA) is 91.8 Å². The molecular weight excluding hydrogens is 426 g/mol. The molecule has 1 unspecified atom stereocenters. The molecule has 0 bridgehead atoms. The summed E-state index contributed by atoms with van der Waals surface area (Å²) in [6, 6.07) is 10.1. The van der Waals surface area contributed by atoms with Gasteiger partial charge in [-0.2, -0.15) is 0 Å². The monoisotopic (exact) mass is 461 g/mol. The Morgan fingerprint density at radius 2 is 1.72 bits per heavy atom. The minimum absolute atomic E-state index is 0.111. The maximum absolute atomic E-state index is 13.5. The van der Waals surface area contributed by atoms with Gasteiger partial charge in [0.15, 0.2) is 0 Å². The molecule has 1 aliphatic rings. The third-order valence-corrected chi connectivity index (χ3v) is 7.42. The Hall–Kier alpha value is -2.00. The van der Waals surface area contributed by atoms with Crippen LogP contribution in [0.5, 0.6) is 0 Å². The van der Waals surface area contributed by atoms with Crippen molar-refractivity contribution in [1.29, 1.82) is 0 Å². The van der Waals surface area contributed by atoms with Crippen molar-refractivity contribution in [1.82, 2.24) is 10.3 Å². The van der Waals surface area contributed by atoms with Crippen molar-refractivity contribution in [2.75, 3.05) is 30.6 Å². The van der Waals surface area contributed by atoms with Crippen molar-refractivity contribution in [3.8, 4) is 0 Å². The van der Waals surface area contributed by atoms with Gasteiger partial charge >= 0.3 is 0 Å². The van der Waals surface area contributed by atoms with Crippen molar-refractivity contribution in [2.45, 2.75) is 57.1 Å². The van der Waals surface area contributed by atoms with E-state index in [1.165, 1.54) is 4.31 Å². The summed E-state index contributed by atoms with van der Waals surface area (Å²) in [6.45, 7) is 12.1. The molecular formula is C24H35N3O4S. The van der Waals surface area contributed by atoms with E-state index in [1.807, 2.05) is 26.8 Å². The fourth-order valence-corrected chi connectivity index (χ4v) is 5.08. The molecule has 1 saturated heterocycles. The standard InChI is InChI=1S/C24H35N3O4S/c1-17(2)14-27(23-11-8-20(12-25-23)18(3)4)32(29,30)21-9-6-19(7-10-21)22(28)13-26-24(5)15-31-16-24/h6-12,17-18,22,26,28H,13-16H2,1-5H3. The molecule has 2 N–H and O–H groups in total. The average Bonchev–Trinajstić information content (AvgIpc) is 2.74. The van der Waals surface area contributed by atoms with Crippen molar-refractivity contribution >= 4 is 15.8 Å². The number of β-amino-alcohol motifs (C(OH)–C–C–N with tert-alkyl or cyclic N) is 1. The van der Waals surface area contributed by atoms with Crippen LogP contribution in [0.4, 0.5) is 5.82 Å². The number of aliphatic hydroxyl groups is 1. The Bertz CT molecular complexity index is 985. The summed E-state index contributed by atoms with van der Waals surface area (Å²) < 4.78 is 33.5. The maximum Gasteiger partial charge on any atom is 0.265 e. The Kier molecular flexibility index (Phi) is 7.60. The van der Waals surface area contributed by atoms with E-state index in [9.17, 15) is 13.5 Å². The lowest BCUT2D eigenvalue weighted by Gasteiger charge is -2.39. The van der Waals surface area contributed by atoms with Crippen LogP contribution in [-0.4, -0.2) is 50.4 Å². The largest absolute Gasteiger partial charge is 0.387 e. The molecule has 0 spiro atoms. The van der Waals surface area contributed by atoms with E-state index < -0.39 is 16.1 Å². The molecule has 1 aromatic heterocycles. The quantitative estimate of drug-likeness (QED) is 0.563. The number of hydrogen-bond donors (Lipinski definition) is 2. The number of aromatic nitrogens is 1. The van der Waals surface area contributed by atoms with Crippen LogP contribution in [0, 0.1) is 5.92 Å². The van der Waals surface area contributed by atoms with Crippen LogP contribution in [0.15, 0.2) is 47.5 Å². The van der Waals surface area contributed by atoms with Gasteiger partial charge in [0, 0.05) is 19.3 Å². The molecule has 0 aliphatic carbocycles. The maximum atomic E-state index is 13.5. The molecule has 176 valence electrons. The number of benzene rings is 1. The zero-order valence-electron chi connectivity index (χ0n) is 19.6.